The first-order valence-corrected chi connectivity index (χ1v) is 10.1. The SMILES string of the molecule is Cc1cccc(N2CCN(CCNC(=O)C(C)Oc3cccc(Cl)c3)CC2)c1. The van der Waals surface area contributed by atoms with Crippen molar-refractivity contribution in [3.8, 4) is 5.75 Å². The van der Waals surface area contributed by atoms with Crippen molar-refractivity contribution in [2.24, 2.45) is 0 Å². The van der Waals surface area contributed by atoms with Crippen molar-refractivity contribution in [2.75, 3.05) is 44.2 Å². The lowest BCUT2D eigenvalue weighted by atomic mass is 10.2. The van der Waals surface area contributed by atoms with E-state index in [1.165, 1.54) is 11.3 Å². The Hall–Kier alpha value is -2.24. The van der Waals surface area contributed by atoms with Crippen LogP contribution >= 0.6 is 11.6 Å². The summed E-state index contributed by atoms with van der Waals surface area (Å²) in [4.78, 5) is 17.1. The summed E-state index contributed by atoms with van der Waals surface area (Å²) in [6, 6.07) is 15.7. The first-order valence-electron chi connectivity index (χ1n) is 9.75. The van der Waals surface area contributed by atoms with Crippen molar-refractivity contribution in [3.63, 3.8) is 0 Å². The van der Waals surface area contributed by atoms with Crippen LogP contribution in [0.15, 0.2) is 48.5 Å². The fourth-order valence-corrected chi connectivity index (χ4v) is 3.51. The van der Waals surface area contributed by atoms with E-state index in [-0.39, 0.29) is 5.91 Å². The fraction of sp³-hybridized carbons (Fsp3) is 0.409. The van der Waals surface area contributed by atoms with Crippen LogP contribution in [0.5, 0.6) is 5.75 Å². The van der Waals surface area contributed by atoms with Gasteiger partial charge in [-0.15, -0.1) is 0 Å². The van der Waals surface area contributed by atoms with E-state index in [0.717, 1.165) is 32.7 Å². The number of ether oxygens (including phenoxy) is 1. The Bertz CT molecular complexity index is 791. The molecule has 150 valence electrons. The van der Waals surface area contributed by atoms with Gasteiger partial charge in [-0.3, -0.25) is 9.69 Å². The molecule has 0 aliphatic carbocycles. The van der Waals surface area contributed by atoms with Crippen LogP contribution in [0, 0.1) is 6.92 Å². The summed E-state index contributed by atoms with van der Waals surface area (Å²) >= 11 is 5.95. The van der Waals surface area contributed by atoms with Crippen molar-refractivity contribution in [1.82, 2.24) is 10.2 Å². The van der Waals surface area contributed by atoms with Gasteiger partial charge in [0.05, 0.1) is 0 Å². The first-order chi connectivity index (χ1) is 13.5. The molecule has 0 spiro atoms. The van der Waals surface area contributed by atoms with Gasteiger partial charge in [0.2, 0.25) is 0 Å². The third-order valence-corrected chi connectivity index (χ3v) is 5.18. The predicted octanol–water partition coefficient (Wildman–Crippen LogP) is 3.35. The van der Waals surface area contributed by atoms with E-state index in [1.54, 1.807) is 31.2 Å². The molecule has 2 aromatic rings. The predicted molar refractivity (Wildman–Crippen MR) is 114 cm³/mol. The minimum Gasteiger partial charge on any atom is -0.481 e. The Morgan fingerprint density at radius 3 is 2.61 bits per heavy atom. The summed E-state index contributed by atoms with van der Waals surface area (Å²) in [5.74, 6) is 0.487. The molecule has 0 saturated carbocycles. The zero-order valence-electron chi connectivity index (χ0n) is 16.5. The molecule has 1 unspecified atom stereocenters. The highest BCUT2D eigenvalue weighted by Gasteiger charge is 2.18. The van der Waals surface area contributed by atoms with Crippen LogP contribution in [-0.4, -0.2) is 56.2 Å². The molecule has 1 N–H and O–H groups in total. The maximum absolute atomic E-state index is 12.2. The Balaban J connectivity index is 1.36. The number of carbonyl (C=O) groups is 1. The molecular weight excluding hydrogens is 374 g/mol. The number of rotatable bonds is 7. The smallest absolute Gasteiger partial charge is 0.260 e. The molecular formula is C22H28ClN3O2. The van der Waals surface area contributed by atoms with Crippen molar-refractivity contribution < 1.29 is 9.53 Å². The molecule has 1 aliphatic heterocycles. The number of hydrogen-bond donors (Lipinski definition) is 1. The van der Waals surface area contributed by atoms with Crippen LogP contribution in [0.1, 0.15) is 12.5 Å². The Kier molecular flexibility index (Phi) is 7.18. The van der Waals surface area contributed by atoms with Crippen LogP contribution in [0.25, 0.3) is 0 Å². The highest BCUT2D eigenvalue weighted by molar-refractivity contribution is 6.30. The summed E-state index contributed by atoms with van der Waals surface area (Å²) < 4.78 is 5.66. The maximum Gasteiger partial charge on any atom is 0.260 e. The van der Waals surface area contributed by atoms with Crippen molar-refractivity contribution in [2.45, 2.75) is 20.0 Å². The molecule has 1 amide bonds. The number of halogens is 1. The van der Waals surface area contributed by atoms with Crippen molar-refractivity contribution >= 4 is 23.2 Å². The lowest BCUT2D eigenvalue weighted by molar-refractivity contribution is -0.127. The number of anilines is 1. The summed E-state index contributed by atoms with van der Waals surface area (Å²) in [6.07, 6.45) is -0.559. The van der Waals surface area contributed by atoms with E-state index < -0.39 is 6.10 Å². The van der Waals surface area contributed by atoms with Crippen LogP contribution in [0.2, 0.25) is 5.02 Å². The summed E-state index contributed by atoms with van der Waals surface area (Å²) in [5, 5.41) is 3.56. The highest BCUT2D eigenvalue weighted by atomic mass is 35.5. The molecule has 3 rings (SSSR count). The van der Waals surface area contributed by atoms with Crippen LogP contribution < -0.4 is 15.0 Å². The zero-order chi connectivity index (χ0) is 19.9. The van der Waals surface area contributed by atoms with Gasteiger partial charge < -0.3 is 15.0 Å². The van der Waals surface area contributed by atoms with Gasteiger partial charge in [0, 0.05) is 50.0 Å². The number of nitrogens with one attached hydrogen (secondary N) is 1. The standard InChI is InChI=1S/C22H28ClN3O2/c1-17-5-3-7-20(15-17)26-13-11-25(12-14-26)10-9-24-22(27)18(2)28-21-8-4-6-19(23)16-21/h3-8,15-16,18H,9-14H2,1-2H3,(H,24,27). The average Bonchev–Trinajstić information content (AvgIpc) is 2.68. The van der Waals surface area contributed by atoms with E-state index in [1.807, 2.05) is 0 Å². The average molecular weight is 402 g/mol. The largest absolute Gasteiger partial charge is 0.481 e. The minimum atomic E-state index is -0.559. The Morgan fingerprint density at radius 2 is 1.89 bits per heavy atom. The van der Waals surface area contributed by atoms with E-state index in [0.29, 0.717) is 17.3 Å². The number of nitrogens with zero attached hydrogens (tertiary/aromatic N) is 2. The van der Waals surface area contributed by atoms with Gasteiger partial charge in [-0.2, -0.15) is 0 Å². The topological polar surface area (TPSA) is 44.8 Å². The number of benzene rings is 2. The van der Waals surface area contributed by atoms with E-state index in [2.05, 4.69) is 46.3 Å². The number of aryl methyl sites for hydroxylation is 1. The molecule has 1 fully saturated rings. The third-order valence-electron chi connectivity index (χ3n) is 4.94. The number of carbonyl (C=O) groups excluding carboxylic acids is 1. The number of amides is 1. The molecule has 1 aliphatic rings. The second kappa shape index (κ2) is 9.80. The molecule has 28 heavy (non-hydrogen) atoms. The second-order valence-corrected chi connectivity index (χ2v) is 7.61. The normalized spacial score (nSPS) is 15.9. The van der Waals surface area contributed by atoms with Crippen LogP contribution in [-0.2, 0) is 4.79 Å². The first kappa shape index (κ1) is 20.5. The molecule has 2 aromatic carbocycles. The van der Waals surface area contributed by atoms with Gasteiger partial charge in [-0.05, 0) is 49.7 Å². The molecule has 1 heterocycles. The van der Waals surface area contributed by atoms with Gasteiger partial charge in [0.15, 0.2) is 6.10 Å². The second-order valence-electron chi connectivity index (χ2n) is 7.18. The van der Waals surface area contributed by atoms with E-state index in [4.69, 9.17) is 16.3 Å². The quantitative estimate of drug-likeness (QED) is 0.772. The summed E-state index contributed by atoms with van der Waals surface area (Å²) in [5.41, 5.74) is 2.58. The monoisotopic (exact) mass is 401 g/mol. The van der Waals surface area contributed by atoms with Crippen molar-refractivity contribution in [1.29, 1.82) is 0 Å². The molecule has 0 bridgehead atoms. The van der Waals surface area contributed by atoms with E-state index >= 15 is 0 Å². The van der Waals surface area contributed by atoms with Gasteiger partial charge >= 0.3 is 0 Å². The molecule has 1 saturated heterocycles. The molecule has 0 aromatic heterocycles. The summed E-state index contributed by atoms with van der Waals surface area (Å²) in [7, 11) is 0. The molecule has 5 nitrogen and oxygen atoms in total. The molecule has 0 radical (unpaired) electrons. The van der Waals surface area contributed by atoms with E-state index in [9.17, 15) is 4.79 Å². The van der Waals surface area contributed by atoms with Gasteiger partial charge in [0.1, 0.15) is 5.75 Å². The number of piperazine rings is 1. The highest BCUT2D eigenvalue weighted by Crippen LogP contribution is 2.19. The Morgan fingerprint density at radius 1 is 1.14 bits per heavy atom. The van der Waals surface area contributed by atoms with Gasteiger partial charge in [0.25, 0.3) is 5.91 Å². The third kappa shape index (κ3) is 5.88. The maximum atomic E-state index is 12.2. The van der Waals surface area contributed by atoms with Crippen LogP contribution in [0.4, 0.5) is 5.69 Å². The minimum absolute atomic E-state index is 0.113. The summed E-state index contributed by atoms with van der Waals surface area (Å²) in [6.45, 7) is 9.34. The molecule has 6 heteroatoms. The van der Waals surface area contributed by atoms with Gasteiger partial charge in [-0.25, -0.2) is 0 Å². The van der Waals surface area contributed by atoms with Crippen molar-refractivity contribution in [3.05, 3.63) is 59.1 Å². The van der Waals surface area contributed by atoms with Gasteiger partial charge in [-0.1, -0.05) is 29.8 Å². The lowest BCUT2D eigenvalue weighted by Gasteiger charge is -2.36. The van der Waals surface area contributed by atoms with Crippen LogP contribution in [0.3, 0.4) is 0 Å². The zero-order valence-corrected chi connectivity index (χ0v) is 17.3. The molecule has 1 atom stereocenters. The lowest BCUT2D eigenvalue weighted by Crippen LogP contribution is -2.49. The fourth-order valence-electron chi connectivity index (χ4n) is 3.33. The number of hydrogen-bond acceptors (Lipinski definition) is 4. The Labute approximate surface area is 172 Å².